The van der Waals surface area contributed by atoms with Gasteiger partial charge in [-0.3, -0.25) is 9.59 Å². The summed E-state index contributed by atoms with van der Waals surface area (Å²) >= 11 is 3.94. The second-order valence-electron chi connectivity index (χ2n) is 9.40. The average molecular weight is 412 g/mol. The van der Waals surface area contributed by atoms with Crippen molar-refractivity contribution < 1.29 is 14.3 Å². The Kier molecular flexibility index (Phi) is 4.45. The first kappa shape index (κ1) is 17.8. The third-order valence-corrected chi connectivity index (χ3v) is 8.16. The summed E-state index contributed by atoms with van der Waals surface area (Å²) in [7, 11) is 0. The van der Waals surface area contributed by atoms with E-state index in [9.17, 15) is 9.59 Å². The van der Waals surface area contributed by atoms with Gasteiger partial charge in [-0.1, -0.05) is 15.9 Å². The standard InChI is InChI=1S/C20H30BrNO3/c1-13-4-3-5-14(2)22(13)17(23)11-25-18(24)19-7-15-6-16(8-19)10-20(21,9-15)12-19/h13-16H,3-12H2,1-2H3/t13-,14+,15-,16-,19?,20?/m1/s1. The number of esters is 1. The number of hydrogen-bond acceptors (Lipinski definition) is 3. The van der Waals surface area contributed by atoms with Crippen LogP contribution in [0.15, 0.2) is 0 Å². The summed E-state index contributed by atoms with van der Waals surface area (Å²) in [6.45, 7) is 4.12. The maximum absolute atomic E-state index is 13.0. The Morgan fingerprint density at radius 2 is 1.68 bits per heavy atom. The molecule has 0 unspecified atom stereocenters. The van der Waals surface area contributed by atoms with Crippen molar-refractivity contribution in [2.45, 2.75) is 88.0 Å². The lowest BCUT2D eigenvalue weighted by molar-refractivity contribution is -0.173. The number of ether oxygens (including phenoxy) is 1. The van der Waals surface area contributed by atoms with Gasteiger partial charge >= 0.3 is 5.97 Å². The van der Waals surface area contributed by atoms with E-state index in [0.29, 0.717) is 11.8 Å². The van der Waals surface area contributed by atoms with Gasteiger partial charge in [-0.25, -0.2) is 0 Å². The van der Waals surface area contributed by atoms with E-state index in [1.807, 2.05) is 4.90 Å². The zero-order valence-electron chi connectivity index (χ0n) is 15.4. The molecule has 4 bridgehead atoms. The Balaban J connectivity index is 1.40. The lowest BCUT2D eigenvalue weighted by Gasteiger charge is -2.58. The Hall–Kier alpha value is -0.580. The van der Waals surface area contributed by atoms with Crippen LogP contribution in [0.2, 0.25) is 0 Å². The molecule has 4 aliphatic carbocycles. The van der Waals surface area contributed by atoms with Crippen molar-refractivity contribution in [2.24, 2.45) is 17.3 Å². The lowest BCUT2D eigenvalue weighted by atomic mass is 9.49. The average Bonchev–Trinajstić information content (AvgIpc) is 2.50. The molecule has 140 valence electrons. The summed E-state index contributed by atoms with van der Waals surface area (Å²) in [5.41, 5.74) is -0.340. The first-order chi connectivity index (χ1) is 11.8. The highest BCUT2D eigenvalue weighted by atomic mass is 79.9. The molecule has 0 N–H and O–H groups in total. The highest BCUT2D eigenvalue weighted by Crippen LogP contribution is 2.64. The van der Waals surface area contributed by atoms with E-state index < -0.39 is 0 Å². The van der Waals surface area contributed by atoms with Crippen molar-refractivity contribution in [3.8, 4) is 0 Å². The van der Waals surface area contributed by atoms with Crippen molar-refractivity contribution in [1.29, 1.82) is 0 Å². The molecule has 1 heterocycles. The molecule has 0 aromatic rings. The smallest absolute Gasteiger partial charge is 0.312 e. The van der Waals surface area contributed by atoms with Crippen molar-refractivity contribution in [3.63, 3.8) is 0 Å². The van der Waals surface area contributed by atoms with E-state index in [1.54, 1.807) is 0 Å². The Labute approximate surface area is 159 Å². The molecule has 1 aliphatic heterocycles. The van der Waals surface area contributed by atoms with Crippen LogP contribution in [-0.4, -0.2) is 39.8 Å². The minimum Gasteiger partial charge on any atom is -0.455 e. The molecule has 4 atom stereocenters. The van der Waals surface area contributed by atoms with Gasteiger partial charge in [-0.05, 0) is 83.5 Å². The maximum atomic E-state index is 13.0. The van der Waals surface area contributed by atoms with Gasteiger partial charge in [0.2, 0.25) is 0 Å². The number of carbonyl (C=O) groups is 2. The van der Waals surface area contributed by atoms with Crippen LogP contribution in [-0.2, 0) is 14.3 Å². The van der Waals surface area contributed by atoms with Crippen LogP contribution >= 0.6 is 15.9 Å². The van der Waals surface area contributed by atoms with Crippen LogP contribution in [0.4, 0.5) is 0 Å². The number of likely N-dealkylation sites (tertiary alicyclic amines) is 1. The molecule has 0 radical (unpaired) electrons. The minimum atomic E-state index is -0.340. The third kappa shape index (κ3) is 3.15. The molecular formula is C20H30BrNO3. The summed E-state index contributed by atoms with van der Waals surface area (Å²) in [4.78, 5) is 27.6. The molecule has 1 saturated heterocycles. The van der Waals surface area contributed by atoms with E-state index in [1.165, 1.54) is 25.7 Å². The molecule has 4 saturated carbocycles. The first-order valence-electron chi connectivity index (χ1n) is 9.98. The number of carbonyl (C=O) groups excluding carboxylic acids is 2. The van der Waals surface area contributed by atoms with Crippen molar-refractivity contribution in [2.75, 3.05) is 6.61 Å². The molecular weight excluding hydrogens is 382 g/mol. The molecule has 0 spiro atoms. The lowest BCUT2D eigenvalue weighted by Crippen LogP contribution is -2.56. The fourth-order valence-corrected chi connectivity index (χ4v) is 8.11. The van der Waals surface area contributed by atoms with Gasteiger partial charge in [0.15, 0.2) is 6.61 Å². The Morgan fingerprint density at radius 1 is 1.08 bits per heavy atom. The van der Waals surface area contributed by atoms with Crippen LogP contribution in [0.25, 0.3) is 0 Å². The second kappa shape index (κ2) is 6.24. The van der Waals surface area contributed by atoms with E-state index in [0.717, 1.165) is 32.1 Å². The van der Waals surface area contributed by atoms with E-state index in [2.05, 4.69) is 29.8 Å². The number of nitrogens with zero attached hydrogens (tertiary/aromatic N) is 1. The highest BCUT2D eigenvalue weighted by Gasteiger charge is 2.60. The third-order valence-electron chi connectivity index (χ3n) is 7.23. The van der Waals surface area contributed by atoms with Crippen LogP contribution in [0.1, 0.15) is 71.6 Å². The van der Waals surface area contributed by atoms with Gasteiger partial charge in [0.05, 0.1) is 5.41 Å². The quantitative estimate of drug-likeness (QED) is 0.519. The summed E-state index contributed by atoms with van der Waals surface area (Å²) in [6, 6.07) is 0.501. The predicted molar refractivity (Wildman–Crippen MR) is 99.4 cm³/mol. The summed E-state index contributed by atoms with van der Waals surface area (Å²) in [5, 5.41) is 0. The summed E-state index contributed by atoms with van der Waals surface area (Å²) in [5.74, 6) is 1.15. The molecule has 0 aromatic carbocycles. The van der Waals surface area contributed by atoms with Gasteiger partial charge < -0.3 is 9.64 Å². The SMILES string of the molecule is C[C@@H]1CCC[C@H](C)N1C(=O)COC(=O)C12C[C@H]3C[C@@H](CC(Br)(C3)C1)C2. The van der Waals surface area contributed by atoms with Crippen LogP contribution in [0.5, 0.6) is 0 Å². The van der Waals surface area contributed by atoms with E-state index in [-0.39, 0.29) is 40.3 Å². The number of rotatable bonds is 3. The van der Waals surface area contributed by atoms with Crippen LogP contribution < -0.4 is 0 Å². The normalized spacial score (nSPS) is 45.5. The Morgan fingerprint density at radius 3 is 2.24 bits per heavy atom. The number of hydrogen-bond donors (Lipinski definition) is 0. The van der Waals surface area contributed by atoms with Crippen molar-refractivity contribution in [1.82, 2.24) is 4.90 Å². The zero-order valence-corrected chi connectivity index (χ0v) is 17.0. The van der Waals surface area contributed by atoms with Crippen molar-refractivity contribution >= 4 is 27.8 Å². The maximum Gasteiger partial charge on any atom is 0.312 e. The number of piperidine rings is 1. The molecule has 5 rings (SSSR count). The van der Waals surface area contributed by atoms with Gasteiger partial charge in [-0.15, -0.1) is 0 Å². The van der Waals surface area contributed by atoms with Gasteiger partial charge in [0, 0.05) is 16.4 Å². The fraction of sp³-hybridized carbons (Fsp3) is 0.900. The Bertz CT molecular complexity index is 553. The highest BCUT2D eigenvalue weighted by molar-refractivity contribution is 9.10. The minimum absolute atomic E-state index is 0.0219. The summed E-state index contributed by atoms with van der Waals surface area (Å²) < 4.78 is 5.77. The first-order valence-corrected chi connectivity index (χ1v) is 10.8. The predicted octanol–water partition coefficient (Wildman–Crippen LogP) is 4.05. The molecule has 5 heteroatoms. The number of alkyl halides is 1. The topological polar surface area (TPSA) is 46.6 Å². The van der Waals surface area contributed by atoms with Crippen molar-refractivity contribution in [3.05, 3.63) is 0 Å². The summed E-state index contributed by atoms with van der Waals surface area (Å²) in [6.07, 6.45) is 9.72. The zero-order chi connectivity index (χ0) is 17.8. The van der Waals surface area contributed by atoms with Gasteiger partial charge in [0.1, 0.15) is 0 Å². The van der Waals surface area contributed by atoms with E-state index in [4.69, 9.17) is 4.74 Å². The van der Waals surface area contributed by atoms with Crippen LogP contribution in [0, 0.1) is 17.3 Å². The molecule has 5 aliphatic rings. The number of amides is 1. The monoisotopic (exact) mass is 411 g/mol. The molecule has 1 amide bonds. The van der Waals surface area contributed by atoms with E-state index >= 15 is 0 Å². The molecule has 25 heavy (non-hydrogen) atoms. The molecule has 4 nitrogen and oxygen atoms in total. The largest absolute Gasteiger partial charge is 0.455 e. The van der Waals surface area contributed by atoms with Crippen LogP contribution in [0.3, 0.4) is 0 Å². The fourth-order valence-electron chi connectivity index (χ4n) is 6.66. The second-order valence-corrected chi connectivity index (χ2v) is 11.1. The number of halogens is 1. The van der Waals surface area contributed by atoms with Gasteiger partial charge in [0.25, 0.3) is 5.91 Å². The molecule has 0 aromatic heterocycles. The van der Waals surface area contributed by atoms with Gasteiger partial charge in [-0.2, -0.15) is 0 Å². The molecule has 5 fully saturated rings.